The summed E-state index contributed by atoms with van der Waals surface area (Å²) in [5.41, 5.74) is 5.56. The van der Waals surface area contributed by atoms with Crippen LogP contribution in [0.4, 0.5) is 0 Å². The van der Waals surface area contributed by atoms with Gasteiger partial charge in [-0.15, -0.1) is 0 Å². The predicted molar refractivity (Wildman–Crippen MR) is 170 cm³/mol. The number of aromatic nitrogens is 2. The number of fused-ring (bicyclic) bond motifs is 1. The quantitative estimate of drug-likeness (QED) is 0.130. The second-order valence-corrected chi connectivity index (χ2v) is 10.3. The molecule has 1 heterocycles. The molecule has 0 unspecified atom stereocenters. The van der Waals surface area contributed by atoms with E-state index in [4.69, 9.17) is 14.5 Å². The summed E-state index contributed by atoms with van der Waals surface area (Å²) in [4.78, 5) is 7.46. The number of ether oxygens (including phenoxy) is 2. The molecule has 0 saturated carbocycles. The summed E-state index contributed by atoms with van der Waals surface area (Å²) < 4.78 is 14.6. The molecule has 212 valence electrons. The molecule has 5 nitrogen and oxygen atoms in total. The van der Waals surface area contributed by atoms with Crippen LogP contribution in [-0.2, 0) is 6.54 Å². The lowest BCUT2D eigenvalue weighted by Crippen LogP contribution is -2.25. The first-order chi connectivity index (χ1) is 20.2. The second kappa shape index (κ2) is 14.0. The Kier molecular flexibility index (Phi) is 9.71. The van der Waals surface area contributed by atoms with E-state index < -0.39 is 0 Å². The van der Waals surface area contributed by atoms with Crippen molar-refractivity contribution in [3.8, 4) is 39.8 Å². The van der Waals surface area contributed by atoms with E-state index in [2.05, 4.69) is 90.9 Å². The maximum Gasteiger partial charge on any atom is 0.141 e. The van der Waals surface area contributed by atoms with Gasteiger partial charge in [0.05, 0.1) is 17.6 Å². The number of unbranched alkanes of at least 4 members (excludes halogenated alkanes) is 1. The monoisotopic (exact) mass is 547 g/mol. The van der Waals surface area contributed by atoms with Crippen LogP contribution in [0.5, 0.6) is 17.2 Å². The number of hydrogen-bond donors (Lipinski definition) is 0. The zero-order valence-electron chi connectivity index (χ0n) is 24.6. The minimum Gasteiger partial charge on any atom is -0.493 e. The van der Waals surface area contributed by atoms with Crippen LogP contribution in [0.1, 0.15) is 40.0 Å². The Morgan fingerprint density at radius 2 is 1.32 bits per heavy atom. The van der Waals surface area contributed by atoms with Gasteiger partial charge in [-0.2, -0.15) is 0 Å². The molecule has 0 fully saturated rings. The van der Waals surface area contributed by atoms with Crippen LogP contribution in [0, 0.1) is 0 Å². The van der Waals surface area contributed by atoms with E-state index >= 15 is 0 Å². The average Bonchev–Trinajstić information content (AvgIpc) is 3.39. The number of hydrogen-bond acceptors (Lipinski definition) is 4. The lowest BCUT2D eigenvalue weighted by atomic mass is 10.1. The van der Waals surface area contributed by atoms with E-state index in [1.54, 1.807) is 0 Å². The van der Waals surface area contributed by atoms with Gasteiger partial charge in [0.15, 0.2) is 0 Å². The van der Waals surface area contributed by atoms with E-state index in [1.165, 1.54) is 11.1 Å². The summed E-state index contributed by atoms with van der Waals surface area (Å²) in [6, 6.07) is 33.1. The summed E-state index contributed by atoms with van der Waals surface area (Å²) in [7, 11) is 0. The number of nitrogens with zero attached hydrogens (tertiary/aromatic N) is 3. The van der Waals surface area contributed by atoms with Crippen molar-refractivity contribution in [2.45, 2.75) is 46.6 Å². The van der Waals surface area contributed by atoms with E-state index in [0.29, 0.717) is 6.61 Å². The van der Waals surface area contributed by atoms with Gasteiger partial charge < -0.3 is 18.9 Å². The van der Waals surface area contributed by atoms with E-state index in [-0.39, 0.29) is 0 Å². The minimum absolute atomic E-state index is 0.717. The van der Waals surface area contributed by atoms with E-state index in [0.717, 1.165) is 85.1 Å². The molecule has 0 saturated heterocycles. The Morgan fingerprint density at radius 1 is 0.683 bits per heavy atom. The molecule has 5 rings (SSSR count). The number of aryl methyl sites for hydroxylation is 1. The molecule has 5 heteroatoms. The van der Waals surface area contributed by atoms with Gasteiger partial charge in [-0.05, 0) is 85.6 Å². The molecular weight excluding hydrogens is 506 g/mol. The van der Waals surface area contributed by atoms with Gasteiger partial charge >= 0.3 is 0 Å². The molecule has 0 bridgehead atoms. The molecule has 0 aliphatic heterocycles. The van der Waals surface area contributed by atoms with E-state index in [9.17, 15) is 0 Å². The normalized spacial score (nSPS) is 11.3. The second-order valence-electron chi connectivity index (χ2n) is 10.3. The fourth-order valence-corrected chi connectivity index (χ4v) is 5.13. The maximum absolute atomic E-state index is 6.16. The standard InChI is InChI=1S/C36H41N3O2/c1-4-7-25-39-35-27-33(40-26-11-24-38(5-2)6-3)22-23-34(35)37-36(39)30-16-20-32(21-17-30)41-31-18-14-29(15-19-31)28-12-9-8-10-13-28/h8-10,12-23,27H,4-7,11,24-26H2,1-3H3. The van der Waals surface area contributed by atoms with Crippen LogP contribution >= 0.6 is 0 Å². The Morgan fingerprint density at radius 3 is 1.98 bits per heavy atom. The van der Waals surface area contributed by atoms with Gasteiger partial charge in [-0.1, -0.05) is 69.7 Å². The molecule has 1 aromatic heterocycles. The largest absolute Gasteiger partial charge is 0.493 e. The van der Waals surface area contributed by atoms with Gasteiger partial charge in [-0.3, -0.25) is 0 Å². The van der Waals surface area contributed by atoms with Gasteiger partial charge in [0, 0.05) is 24.7 Å². The van der Waals surface area contributed by atoms with Crippen molar-refractivity contribution < 1.29 is 9.47 Å². The molecule has 0 N–H and O–H groups in total. The number of rotatable bonds is 14. The van der Waals surface area contributed by atoms with Crippen molar-refractivity contribution in [3.63, 3.8) is 0 Å². The molecule has 0 atom stereocenters. The van der Waals surface area contributed by atoms with Gasteiger partial charge in [0.1, 0.15) is 23.1 Å². The highest BCUT2D eigenvalue weighted by Crippen LogP contribution is 2.31. The van der Waals surface area contributed by atoms with Gasteiger partial charge in [-0.25, -0.2) is 4.98 Å². The summed E-state index contributed by atoms with van der Waals surface area (Å²) in [6.07, 6.45) is 3.23. The van der Waals surface area contributed by atoms with Gasteiger partial charge in [0.25, 0.3) is 0 Å². The highest BCUT2D eigenvalue weighted by Gasteiger charge is 2.14. The van der Waals surface area contributed by atoms with Gasteiger partial charge in [0.2, 0.25) is 0 Å². The molecule has 41 heavy (non-hydrogen) atoms. The zero-order chi connectivity index (χ0) is 28.4. The minimum atomic E-state index is 0.717. The molecule has 0 spiro atoms. The van der Waals surface area contributed by atoms with Crippen molar-refractivity contribution in [3.05, 3.63) is 97.1 Å². The first-order valence-corrected chi connectivity index (χ1v) is 15.0. The average molecular weight is 548 g/mol. The summed E-state index contributed by atoms with van der Waals surface area (Å²) in [5, 5.41) is 0. The molecule has 5 aromatic rings. The van der Waals surface area contributed by atoms with Crippen LogP contribution in [0.25, 0.3) is 33.5 Å². The molecule has 0 radical (unpaired) electrons. The topological polar surface area (TPSA) is 39.5 Å². The number of benzene rings is 4. The summed E-state index contributed by atoms with van der Waals surface area (Å²) in [6.45, 7) is 11.5. The fourth-order valence-electron chi connectivity index (χ4n) is 5.13. The Bertz CT molecular complexity index is 1510. The van der Waals surface area contributed by atoms with Crippen molar-refractivity contribution in [2.75, 3.05) is 26.2 Å². The molecule has 4 aromatic carbocycles. The maximum atomic E-state index is 6.16. The zero-order valence-corrected chi connectivity index (χ0v) is 24.6. The van der Waals surface area contributed by atoms with Crippen molar-refractivity contribution in [2.24, 2.45) is 0 Å². The summed E-state index contributed by atoms with van der Waals surface area (Å²) >= 11 is 0. The third kappa shape index (κ3) is 7.17. The van der Waals surface area contributed by atoms with Crippen LogP contribution in [0.2, 0.25) is 0 Å². The highest BCUT2D eigenvalue weighted by molar-refractivity contribution is 5.82. The van der Waals surface area contributed by atoms with Crippen molar-refractivity contribution in [1.29, 1.82) is 0 Å². The van der Waals surface area contributed by atoms with Crippen molar-refractivity contribution >= 4 is 11.0 Å². The van der Waals surface area contributed by atoms with Crippen LogP contribution < -0.4 is 9.47 Å². The molecule has 0 aliphatic carbocycles. The first-order valence-electron chi connectivity index (χ1n) is 15.0. The molecule has 0 aliphatic rings. The SMILES string of the molecule is CCCCn1c(-c2ccc(Oc3ccc(-c4ccccc4)cc3)cc2)nc2ccc(OCCCN(CC)CC)cc21. The van der Waals surface area contributed by atoms with Crippen LogP contribution in [0.15, 0.2) is 97.1 Å². The number of imidazole rings is 1. The Hall–Kier alpha value is -4.09. The summed E-state index contributed by atoms with van der Waals surface area (Å²) in [5.74, 6) is 3.50. The third-order valence-corrected chi connectivity index (χ3v) is 7.55. The Labute approximate surface area is 244 Å². The molecule has 0 amide bonds. The van der Waals surface area contributed by atoms with E-state index in [1.807, 2.05) is 36.4 Å². The smallest absolute Gasteiger partial charge is 0.141 e. The van der Waals surface area contributed by atoms with Crippen LogP contribution in [0.3, 0.4) is 0 Å². The molecular formula is C36H41N3O2. The highest BCUT2D eigenvalue weighted by atomic mass is 16.5. The van der Waals surface area contributed by atoms with Crippen LogP contribution in [-0.4, -0.2) is 40.7 Å². The lowest BCUT2D eigenvalue weighted by molar-refractivity contribution is 0.249. The Balaban J connectivity index is 1.30. The van der Waals surface area contributed by atoms with Crippen molar-refractivity contribution in [1.82, 2.24) is 14.5 Å². The lowest BCUT2D eigenvalue weighted by Gasteiger charge is -2.17. The first kappa shape index (κ1) is 28.4. The fraction of sp³-hybridized carbons (Fsp3) is 0.306. The third-order valence-electron chi connectivity index (χ3n) is 7.55. The predicted octanol–water partition coefficient (Wildman–Crippen LogP) is 9.07.